The predicted octanol–water partition coefficient (Wildman–Crippen LogP) is 1.76. The molecular weight excluding hydrogens is 312 g/mol. The highest BCUT2D eigenvalue weighted by molar-refractivity contribution is 7.89. The number of sulfonamides is 1. The van der Waals surface area contributed by atoms with E-state index in [1.807, 2.05) is 14.0 Å². The molecule has 0 aliphatic carbocycles. The van der Waals surface area contributed by atoms with Gasteiger partial charge in [-0.15, -0.1) is 0 Å². The molecule has 0 bridgehead atoms. The van der Waals surface area contributed by atoms with E-state index in [9.17, 15) is 8.42 Å². The van der Waals surface area contributed by atoms with Crippen LogP contribution in [0.3, 0.4) is 0 Å². The maximum atomic E-state index is 12.3. The van der Waals surface area contributed by atoms with Crippen molar-refractivity contribution in [1.29, 1.82) is 0 Å². The largest absolute Gasteiger partial charge is 0.378 e. The smallest absolute Gasteiger partial charge is 0.240 e. The number of halogens is 1. The van der Waals surface area contributed by atoms with Gasteiger partial charge in [0.05, 0.1) is 11.0 Å². The fraction of sp³-hybridized carbons (Fsp3) is 0.571. The minimum atomic E-state index is -3.54. The number of ether oxygens (including phenoxy) is 1. The molecule has 1 saturated heterocycles. The molecule has 0 amide bonds. The standard InChI is InChI=1S/C14H21ClN2O3S/c1-10-11(5-6-20-10)9-17-21(18,19)13-4-3-12(8-16-2)14(15)7-13/h3-4,7,10-11,16-17H,5-6,8-9H2,1-2H3. The van der Waals surface area contributed by atoms with Crippen molar-refractivity contribution in [2.45, 2.75) is 30.9 Å². The zero-order chi connectivity index (χ0) is 15.5. The van der Waals surface area contributed by atoms with Crippen LogP contribution in [0.25, 0.3) is 0 Å². The van der Waals surface area contributed by atoms with Gasteiger partial charge in [0, 0.05) is 30.6 Å². The summed E-state index contributed by atoms with van der Waals surface area (Å²) in [7, 11) is -1.72. The van der Waals surface area contributed by atoms with Crippen molar-refractivity contribution in [3.8, 4) is 0 Å². The normalized spacial score (nSPS) is 22.6. The quantitative estimate of drug-likeness (QED) is 0.833. The third kappa shape index (κ3) is 4.17. The van der Waals surface area contributed by atoms with E-state index in [4.69, 9.17) is 16.3 Å². The lowest BCUT2D eigenvalue weighted by Gasteiger charge is -2.15. The fourth-order valence-electron chi connectivity index (χ4n) is 2.37. The van der Waals surface area contributed by atoms with Crippen LogP contribution in [0.1, 0.15) is 18.9 Å². The molecule has 1 aliphatic heterocycles. The van der Waals surface area contributed by atoms with Gasteiger partial charge < -0.3 is 10.1 Å². The summed E-state index contributed by atoms with van der Waals surface area (Å²) in [5.41, 5.74) is 0.871. The molecule has 2 rings (SSSR count). The Morgan fingerprint density at radius 1 is 1.43 bits per heavy atom. The van der Waals surface area contributed by atoms with Gasteiger partial charge in [0.2, 0.25) is 10.0 Å². The molecular formula is C14H21ClN2O3S. The van der Waals surface area contributed by atoms with E-state index in [1.54, 1.807) is 12.1 Å². The predicted molar refractivity (Wildman–Crippen MR) is 82.9 cm³/mol. The maximum Gasteiger partial charge on any atom is 0.240 e. The molecule has 1 fully saturated rings. The SMILES string of the molecule is CNCc1ccc(S(=O)(=O)NCC2CCOC2C)cc1Cl. The van der Waals surface area contributed by atoms with E-state index in [1.165, 1.54) is 6.07 Å². The zero-order valence-corrected chi connectivity index (χ0v) is 13.8. The highest BCUT2D eigenvalue weighted by atomic mass is 35.5. The average Bonchev–Trinajstić information content (AvgIpc) is 2.84. The van der Waals surface area contributed by atoms with Crippen molar-refractivity contribution >= 4 is 21.6 Å². The first kappa shape index (κ1) is 16.7. The van der Waals surface area contributed by atoms with Crippen LogP contribution < -0.4 is 10.0 Å². The van der Waals surface area contributed by atoms with Crippen LogP contribution in [0.2, 0.25) is 5.02 Å². The van der Waals surface area contributed by atoms with E-state index < -0.39 is 10.0 Å². The van der Waals surface area contributed by atoms with Crippen molar-refractivity contribution in [3.05, 3.63) is 28.8 Å². The second kappa shape index (κ2) is 7.07. The van der Waals surface area contributed by atoms with Crippen LogP contribution in [0, 0.1) is 5.92 Å². The molecule has 2 N–H and O–H groups in total. The summed E-state index contributed by atoms with van der Waals surface area (Å²) in [6.07, 6.45) is 0.972. The first-order valence-corrected chi connectivity index (χ1v) is 8.84. The molecule has 1 heterocycles. The third-order valence-corrected chi connectivity index (χ3v) is 5.54. The van der Waals surface area contributed by atoms with Gasteiger partial charge in [0.1, 0.15) is 0 Å². The second-order valence-electron chi connectivity index (χ2n) is 5.26. The molecule has 0 radical (unpaired) electrons. The Morgan fingerprint density at radius 3 is 2.76 bits per heavy atom. The molecule has 5 nitrogen and oxygen atoms in total. The second-order valence-corrected chi connectivity index (χ2v) is 7.43. The van der Waals surface area contributed by atoms with Crippen LogP contribution in [0.15, 0.2) is 23.1 Å². The van der Waals surface area contributed by atoms with E-state index in [-0.39, 0.29) is 16.9 Å². The number of rotatable bonds is 6. The van der Waals surface area contributed by atoms with Crippen molar-refractivity contribution in [2.24, 2.45) is 5.92 Å². The van der Waals surface area contributed by atoms with Gasteiger partial charge in [-0.2, -0.15) is 0 Å². The minimum absolute atomic E-state index is 0.0919. The summed E-state index contributed by atoms with van der Waals surface area (Å²) in [6, 6.07) is 4.80. The summed E-state index contributed by atoms with van der Waals surface area (Å²) in [6.45, 7) is 3.65. The highest BCUT2D eigenvalue weighted by Crippen LogP contribution is 2.22. The molecule has 118 valence electrons. The Bertz CT molecular complexity index is 592. The molecule has 1 aliphatic rings. The third-order valence-electron chi connectivity index (χ3n) is 3.77. The van der Waals surface area contributed by atoms with Gasteiger partial charge in [-0.1, -0.05) is 17.7 Å². The number of hydrogen-bond acceptors (Lipinski definition) is 4. The lowest BCUT2D eigenvalue weighted by molar-refractivity contribution is 0.107. The van der Waals surface area contributed by atoms with Crippen LogP contribution in [-0.4, -0.2) is 34.7 Å². The van der Waals surface area contributed by atoms with Gasteiger partial charge in [0.15, 0.2) is 0 Å². The van der Waals surface area contributed by atoms with E-state index >= 15 is 0 Å². The summed E-state index contributed by atoms with van der Waals surface area (Å²) in [5.74, 6) is 0.221. The highest BCUT2D eigenvalue weighted by Gasteiger charge is 2.26. The van der Waals surface area contributed by atoms with Crippen molar-refractivity contribution in [1.82, 2.24) is 10.0 Å². The molecule has 0 saturated carbocycles. The van der Waals surface area contributed by atoms with Crippen LogP contribution >= 0.6 is 11.6 Å². The van der Waals surface area contributed by atoms with E-state index in [0.717, 1.165) is 12.0 Å². The number of nitrogens with one attached hydrogen (secondary N) is 2. The Hall–Kier alpha value is -0.660. The molecule has 1 aromatic carbocycles. The number of benzene rings is 1. The fourth-order valence-corrected chi connectivity index (χ4v) is 3.81. The van der Waals surface area contributed by atoms with Crippen molar-refractivity contribution < 1.29 is 13.2 Å². The van der Waals surface area contributed by atoms with Crippen molar-refractivity contribution in [2.75, 3.05) is 20.2 Å². The van der Waals surface area contributed by atoms with Gasteiger partial charge >= 0.3 is 0 Å². The lowest BCUT2D eigenvalue weighted by atomic mass is 10.0. The van der Waals surface area contributed by atoms with Gasteiger partial charge in [-0.25, -0.2) is 13.1 Å². The summed E-state index contributed by atoms with van der Waals surface area (Å²) in [4.78, 5) is 0.193. The zero-order valence-electron chi connectivity index (χ0n) is 12.2. The first-order chi connectivity index (χ1) is 9.94. The minimum Gasteiger partial charge on any atom is -0.378 e. The van der Waals surface area contributed by atoms with E-state index in [2.05, 4.69) is 10.0 Å². The summed E-state index contributed by atoms with van der Waals surface area (Å²) < 4.78 is 32.7. The van der Waals surface area contributed by atoms with E-state index in [0.29, 0.717) is 24.7 Å². The Kier molecular flexibility index (Phi) is 5.62. The molecule has 21 heavy (non-hydrogen) atoms. The monoisotopic (exact) mass is 332 g/mol. The Balaban J connectivity index is 2.06. The van der Waals surface area contributed by atoms with Gasteiger partial charge in [0.25, 0.3) is 0 Å². The molecule has 7 heteroatoms. The number of hydrogen-bond donors (Lipinski definition) is 2. The molecule has 1 aromatic rings. The first-order valence-electron chi connectivity index (χ1n) is 6.98. The van der Waals surface area contributed by atoms with Crippen LogP contribution in [-0.2, 0) is 21.3 Å². The van der Waals surface area contributed by atoms with Crippen molar-refractivity contribution in [3.63, 3.8) is 0 Å². The molecule has 2 atom stereocenters. The van der Waals surface area contributed by atoms with Crippen LogP contribution in [0.4, 0.5) is 0 Å². The average molecular weight is 333 g/mol. The lowest BCUT2D eigenvalue weighted by Crippen LogP contribution is -2.32. The van der Waals surface area contributed by atoms with Crippen LogP contribution in [0.5, 0.6) is 0 Å². The maximum absolute atomic E-state index is 12.3. The summed E-state index contributed by atoms with van der Waals surface area (Å²) in [5, 5.41) is 3.44. The van der Waals surface area contributed by atoms with Gasteiger partial charge in [-0.3, -0.25) is 0 Å². The molecule has 2 unspecified atom stereocenters. The summed E-state index contributed by atoms with van der Waals surface area (Å²) >= 11 is 6.11. The molecule has 0 spiro atoms. The Morgan fingerprint density at radius 2 is 2.19 bits per heavy atom. The Labute approximate surface area is 131 Å². The topological polar surface area (TPSA) is 67.4 Å². The molecule has 0 aromatic heterocycles. The van der Waals surface area contributed by atoms with Gasteiger partial charge in [-0.05, 0) is 38.1 Å².